The first kappa shape index (κ1) is 16.1. The fourth-order valence-electron chi connectivity index (χ4n) is 3.24. The van der Waals surface area contributed by atoms with Crippen LogP contribution in [0.3, 0.4) is 0 Å². The lowest BCUT2D eigenvalue weighted by atomic mass is 9.95. The molecule has 0 N–H and O–H groups in total. The molecule has 2 aromatic heterocycles. The van der Waals surface area contributed by atoms with Crippen LogP contribution in [0, 0.1) is 0 Å². The zero-order chi connectivity index (χ0) is 16.2. The summed E-state index contributed by atoms with van der Waals surface area (Å²) in [7, 11) is 2.01. The van der Waals surface area contributed by atoms with Crippen LogP contribution in [0.4, 0.5) is 0 Å². The summed E-state index contributed by atoms with van der Waals surface area (Å²) in [5.41, 5.74) is 1.30. The second-order valence-electron chi connectivity index (χ2n) is 6.10. The molecule has 1 aliphatic heterocycles. The van der Waals surface area contributed by atoms with Crippen LogP contribution in [0.15, 0.2) is 16.8 Å². The van der Waals surface area contributed by atoms with Gasteiger partial charge in [0.15, 0.2) is 5.82 Å². The Bertz CT molecular complexity index is 624. The third-order valence-corrected chi connectivity index (χ3v) is 4.41. The standard InChI is InChI=1S/C16H25N5O2/c1-4-22-12(2)16-18-15(23-19-16)11-21-9-5-6-13(10-21)14-7-8-17-20(14)3/h7-8,12-13H,4-6,9-11H2,1-3H3/t12-,13-/m1/s1. The number of nitrogens with zero attached hydrogens (tertiary/aromatic N) is 5. The van der Waals surface area contributed by atoms with Crippen molar-refractivity contribution in [1.82, 2.24) is 24.8 Å². The lowest BCUT2D eigenvalue weighted by Gasteiger charge is -2.31. The number of likely N-dealkylation sites (tertiary alicyclic amines) is 1. The molecule has 7 heteroatoms. The Morgan fingerprint density at radius 2 is 2.35 bits per heavy atom. The van der Waals surface area contributed by atoms with Crippen molar-refractivity contribution >= 4 is 0 Å². The quantitative estimate of drug-likeness (QED) is 0.813. The van der Waals surface area contributed by atoms with Crippen molar-refractivity contribution in [1.29, 1.82) is 0 Å². The molecule has 126 valence electrons. The Balaban J connectivity index is 1.61. The average Bonchev–Trinajstić information content (AvgIpc) is 3.17. The molecule has 0 unspecified atom stereocenters. The highest BCUT2D eigenvalue weighted by atomic mass is 16.5. The summed E-state index contributed by atoms with van der Waals surface area (Å²) >= 11 is 0. The SMILES string of the molecule is CCO[C@H](C)c1noc(CN2CCC[C@@H](c3ccnn3C)C2)n1. The zero-order valence-electron chi connectivity index (χ0n) is 14.1. The summed E-state index contributed by atoms with van der Waals surface area (Å²) in [5, 5.41) is 8.32. The Morgan fingerprint density at radius 3 is 3.09 bits per heavy atom. The molecule has 0 aromatic carbocycles. The fourth-order valence-corrected chi connectivity index (χ4v) is 3.24. The fraction of sp³-hybridized carbons (Fsp3) is 0.688. The van der Waals surface area contributed by atoms with Gasteiger partial charge in [0.2, 0.25) is 5.89 Å². The molecule has 0 spiro atoms. The molecule has 0 amide bonds. The molecular weight excluding hydrogens is 294 g/mol. The maximum absolute atomic E-state index is 5.50. The second-order valence-corrected chi connectivity index (χ2v) is 6.10. The van der Waals surface area contributed by atoms with E-state index in [4.69, 9.17) is 9.26 Å². The van der Waals surface area contributed by atoms with E-state index in [1.165, 1.54) is 18.5 Å². The van der Waals surface area contributed by atoms with Crippen molar-refractivity contribution in [3.05, 3.63) is 29.7 Å². The molecule has 2 atom stereocenters. The van der Waals surface area contributed by atoms with Crippen molar-refractivity contribution in [2.45, 2.75) is 45.3 Å². The van der Waals surface area contributed by atoms with Crippen LogP contribution in [-0.2, 0) is 18.3 Å². The Hall–Kier alpha value is -1.73. The van der Waals surface area contributed by atoms with Gasteiger partial charge in [-0.05, 0) is 39.3 Å². The highest BCUT2D eigenvalue weighted by Crippen LogP contribution is 2.27. The first-order valence-corrected chi connectivity index (χ1v) is 8.31. The number of hydrogen-bond acceptors (Lipinski definition) is 6. The van der Waals surface area contributed by atoms with Gasteiger partial charge in [0.25, 0.3) is 0 Å². The first-order valence-electron chi connectivity index (χ1n) is 8.31. The van der Waals surface area contributed by atoms with E-state index < -0.39 is 0 Å². The third-order valence-electron chi connectivity index (χ3n) is 4.41. The molecule has 3 heterocycles. The summed E-state index contributed by atoms with van der Waals surface area (Å²) in [6, 6.07) is 2.11. The smallest absolute Gasteiger partial charge is 0.240 e. The Labute approximate surface area is 136 Å². The third kappa shape index (κ3) is 3.79. The molecule has 2 aromatic rings. The lowest BCUT2D eigenvalue weighted by molar-refractivity contribution is 0.0683. The second kappa shape index (κ2) is 7.23. The topological polar surface area (TPSA) is 69.2 Å². The molecule has 0 saturated carbocycles. The van der Waals surface area contributed by atoms with Crippen molar-refractivity contribution in [3.63, 3.8) is 0 Å². The summed E-state index contributed by atoms with van der Waals surface area (Å²) in [6.07, 6.45) is 4.12. The van der Waals surface area contributed by atoms with E-state index in [2.05, 4.69) is 26.2 Å². The summed E-state index contributed by atoms with van der Waals surface area (Å²) in [6.45, 7) is 7.30. The summed E-state index contributed by atoms with van der Waals surface area (Å²) < 4.78 is 12.9. The largest absolute Gasteiger partial charge is 0.371 e. The maximum Gasteiger partial charge on any atom is 0.240 e. The molecule has 0 bridgehead atoms. The molecule has 1 saturated heterocycles. The van der Waals surface area contributed by atoms with Gasteiger partial charge in [0.1, 0.15) is 6.10 Å². The van der Waals surface area contributed by atoms with Crippen LogP contribution in [0.2, 0.25) is 0 Å². The number of aromatic nitrogens is 4. The van der Waals surface area contributed by atoms with Crippen LogP contribution in [-0.4, -0.2) is 44.5 Å². The number of aryl methyl sites for hydroxylation is 1. The van der Waals surface area contributed by atoms with E-state index in [1.54, 1.807) is 0 Å². The minimum absolute atomic E-state index is 0.124. The number of hydrogen-bond donors (Lipinski definition) is 0. The monoisotopic (exact) mass is 319 g/mol. The molecule has 3 rings (SSSR count). The number of ether oxygens (including phenoxy) is 1. The van der Waals surface area contributed by atoms with E-state index in [9.17, 15) is 0 Å². The van der Waals surface area contributed by atoms with Crippen molar-refractivity contribution in [2.24, 2.45) is 7.05 Å². The normalized spacial score (nSPS) is 20.7. The van der Waals surface area contributed by atoms with E-state index in [0.717, 1.165) is 13.1 Å². The van der Waals surface area contributed by atoms with Gasteiger partial charge in [-0.3, -0.25) is 9.58 Å². The molecule has 1 aliphatic rings. The number of piperidine rings is 1. The predicted octanol–water partition coefficient (Wildman–Crippen LogP) is 2.28. The minimum Gasteiger partial charge on any atom is -0.371 e. The molecule has 7 nitrogen and oxygen atoms in total. The van der Waals surface area contributed by atoms with E-state index in [0.29, 0.717) is 30.8 Å². The highest BCUT2D eigenvalue weighted by Gasteiger charge is 2.25. The van der Waals surface area contributed by atoms with E-state index in [1.807, 2.05) is 31.8 Å². The van der Waals surface area contributed by atoms with Gasteiger partial charge >= 0.3 is 0 Å². The van der Waals surface area contributed by atoms with Crippen LogP contribution >= 0.6 is 0 Å². The van der Waals surface area contributed by atoms with Crippen LogP contribution < -0.4 is 0 Å². The van der Waals surface area contributed by atoms with Gasteiger partial charge < -0.3 is 9.26 Å². The van der Waals surface area contributed by atoms with Crippen LogP contribution in [0.1, 0.15) is 56.1 Å². The van der Waals surface area contributed by atoms with Gasteiger partial charge in [-0.25, -0.2) is 0 Å². The average molecular weight is 319 g/mol. The van der Waals surface area contributed by atoms with E-state index in [-0.39, 0.29) is 6.10 Å². The van der Waals surface area contributed by atoms with Crippen molar-refractivity contribution < 1.29 is 9.26 Å². The predicted molar refractivity (Wildman–Crippen MR) is 84.8 cm³/mol. The Kier molecular flexibility index (Phi) is 5.07. The maximum atomic E-state index is 5.50. The summed E-state index contributed by atoms with van der Waals surface area (Å²) in [5.74, 6) is 1.81. The van der Waals surface area contributed by atoms with Crippen LogP contribution in [0.25, 0.3) is 0 Å². The van der Waals surface area contributed by atoms with Gasteiger partial charge in [-0.15, -0.1) is 0 Å². The molecule has 1 fully saturated rings. The molecule has 23 heavy (non-hydrogen) atoms. The van der Waals surface area contributed by atoms with E-state index >= 15 is 0 Å². The van der Waals surface area contributed by atoms with Crippen molar-refractivity contribution in [3.8, 4) is 0 Å². The molecule has 0 aliphatic carbocycles. The Morgan fingerprint density at radius 1 is 1.48 bits per heavy atom. The van der Waals surface area contributed by atoms with Crippen LogP contribution in [0.5, 0.6) is 0 Å². The first-order chi connectivity index (χ1) is 11.2. The summed E-state index contributed by atoms with van der Waals surface area (Å²) in [4.78, 5) is 6.84. The molecular formula is C16H25N5O2. The highest BCUT2D eigenvalue weighted by molar-refractivity contribution is 5.09. The zero-order valence-corrected chi connectivity index (χ0v) is 14.1. The van der Waals surface area contributed by atoms with Crippen molar-refractivity contribution in [2.75, 3.05) is 19.7 Å². The van der Waals surface area contributed by atoms with Gasteiger partial charge in [0, 0.05) is 38.0 Å². The van der Waals surface area contributed by atoms with Gasteiger partial charge in [-0.1, -0.05) is 5.16 Å². The molecule has 0 radical (unpaired) electrons. The van der Waals surface area contributed by atoms with Gasteiger partial charge in [-0.2, -0.15) is 10.1 Å². The van der Waals surface area contributed by atoms with Gasteiger partial charge in [0.05, 0.1) is 6.54 Å². The minimum atomic E-state index is -0.124. The lowest BCUT2D eigenvalue weighted by Crippen LogP contribution is -2.34. The number of rotatable bonds is 6.